The van der Waals surface area contributed by atoms with Crippen LogP contribution in [0, 0.1) is 5.82 Å². The molecule has 0 radical (unpaired) electrons. The maximum atomic E-state index is 13.6. The van der Waals surface area contributed by atoms with Crippen molar-refractivity contribution >= 4 is 11.6 Å². The standard InChI is InChI=1S/C16H17ClFN/c17-14-7-9-16(18)13(10-14)11-15(19)8-6-12-4-2-1-3-5-12/h1-5,7,9-10,15H,6,8,11,19H2. The summed E-state index contributed by atoms with van der Waals surface area (Å²) in [7, 11) is 0. The van der Waals surface area contributed by atoms with Crippen LogP contribution in [-0.4, -0.2) is 6.04 Å². The topological polar surface area (TPSA) is 26.0 Å². The Kier molecular flexibility index (Phi) is 4.94. The van der Waals surface area contributed by atoms with Crippen LogP contribution in [-0.2, 0) is 12.8 Å². The van der Waals surface area contributed by atoms with Gasteiger partial charge >= 0.3 is 0 Å². The number of rotatable bonds is 5. The van der Waals surface area contributed by atoms with Crippen molar-refractivity contribution in [2.45, 2.75) is 25.3 Å². The van der Waals surface area contributed by atoms with Crippen LogP contribution in [0.4, 0.5) is 4.39 Å². The summed E-state index contributed by atoms with van der Waals surface area (Å²) in [5, 5.41) is 0.548. The third kappa shape index (κ3) is 4.34. The van der Waals surface area contributed by atoms with Crippen LogP contribution < -0.4 is 5.73 Å². The first kappa shape index (κ1) is 14.0. The molecule has 0 amide bonds. The van der Waals surface area contributed by atoms with Gasteiger partial charge in [-0.25, -0.2) is 4.39 Å². The molecule has 19 heavy (non-hydrogen) atoms. The molecule has 0 fully saturated rings. The van der Waals surface area contributed by atoms with E-state index in [1.54, 1.807) is 12.1 Å². The van der Waals surface area contributed by atoms with Crippen molar-refractivity contribution in [1.29, 1.82) is 0 Å². The van der Waals surface area contributed by atoms with Crippen LogP contribution >= 0.6 is 11.6 Å². The molecule has 0 aliphatic heterocycles. The molecule has 0 aromatic heterocycles. The Morgan fingerprint density at radius 1 is 1.11 bits per heavy atom. The Labute approximate surface area is 118 Å². The fourth-order valence-electron chi connectivity index (χ4n) is 2.08. The van der Waals surface area contributed by atoms with Crippen molar-refractivity contribution in [1.82, 2.24) is 0 Å². The predicted molar refractivity (Wildman–Crippen MR) is 77.9 cm³/mol. The highest BCUT2D eigenvalue weighted by Crippen LogP contribution is 2.17. The van der Waals surface area contributed by atoms with Crippen molar-refractivity contribution in [3.63, 3.8) is 0 Å². The number of nitrogens with two attached hydrogens (primary N) is 1. The quantitative estimate of drug-likeness (QED) is 0.879. The van der Waals surface area contributed by atoms with Gasteiger partial charge in [-0.3, -0.25) is 0 Å². The zero-order valence-corrected chi connectivity index (χ0v) is 11.4. The van der Waals surface area contributed by atoms with Crippen LogP contribution in [0.25, 0.3) is 0 Å². The molecule has 1 nitrogen and oxygen atoms in total. The van der Waals surface area contributed by atoms with Crippen molar-refractivity contribution < 1.29 is 4.39 Å². The van der Waals surface area contributed by atoms with Gasteiger partial charge in [0, 0.05) is 11.1 Å². The maximum Gasteiger partial charge on any atom is 0.126 e. The number of benzene rings is 2. The van der Waals surface area contributed by atoms with Gasteiger partial charge in [-0.1, -0.05) is 41.9 Å². The largest absolute Gasteiger partial charge is 0.327 e. The van der Waals surface area contributed by atoms with E-state index in [2.05, 4.69) is 12.1 Å². The van der Waals surface area contributed by atoms with Crippen molar-refractivity contribution in [3.8, 4) is 0 Å². The second-order valence-corrected chi connectivity index (χ2v) is 5.16. The fraction of sp³-hybridized carbons (Fsp3) is 0.250. The van der Waals surface area contributed by atoms with E-state index < -0.39 is 0 Å². The van der Waals surface area contributed by atoms with Gasteiger partial charge in [0.2, 0.25) is 0 Å². The Bertz CT molecular complexity index is 528. The van der Waals surface area contributed by atoms with Crippen molar-refractivity contribution in [3.05, 3.63) is 70.5 Å². The van der Waals surface area contributed by atoms with Gasteiger partial charge in [0.05, 0.1) is 0 Å². The van der Waals surface area contributed by atoms with E-state index in [-0.39, 0.29) is 11.9 Å². The van der Waals surface area contributed by atoms with Crippen LogP contribution in [0.3, 0.4) is 0 Å². The summed E-state index contributed by atoms with van der Waals surface area (Å²) in [4.78, 5) is 0. The molecule has 0 spiro atoms. The normalized spacial score (nSPS) is 12.4. The molecule has 0 aliphatic rings. The molecule has 2 N–H and O–H groups in total. The number of hydrogen-bond donors (Lipinski definition) is 1. The lowest BCUT2D eigenvalue weighted by Gasteiger charge is -2.12. The molecule has 100 valence electrons. The highest BCUT2D eigenvalue weighted by Gasteiger charge is 2.09. The van der Waals surface area contributed by atoms with Gasteiger partial charge in [-0.2, -0.15) is 0 Å². The zero-order chi connectivity index (χ0) is 13.7. The summed E-state index contributed by atoms with van der Waals surface area (Å²) in [6.07, 6.45) is 2.25. The third-order valence-corrected chi connectivity index (χ3v) is 3.37. The molecule has 2 aromatic rings. The molecule has 1 unspecified atom stereocenters. The minimum absolute atomic E-state index is 0.0619. The number of aryl methyl sites for hydroxylation is 1. The van der Waals surface area contributed by atoms with Gasteiger partial charge in [0.25, 0.3) is 0 Å². The molecule has 0 saturated carbocycles. The number of hydrogen-bond acceptors (Lipinski definition) is 1. The fourth-order valence-corrected chi connectivity index (χ4v) is 2.28. The molecule has 0 bridgehead atoms. The average molecular weight is 278 g/mol. The first-order chi connectivity index (χ1) is 9.15. The van der Waals surface area contributed by atoms with Crippen LogP contribution in [0.15, 0.2) is 48.5 Å². The minimum atomic E-state index is -0.237. The summed E-state index contributed by atoms with van der Waals surface area (Å²) in [6.45, 7) is 0. The van der Waals surface area contributed by atoms with E-state index in [1.807, 2.05) is 18.2 Å². The molecular formula is C16H17ClFN. The van der Waals surface area contributed by atoms with E-state index >= 15 is 0 Å². The highest BCUT2D eigenvalue weighted by molar-refractivity contribution is 6.30. The smallest absolute Gasteiger partial charge is 0.126 e. The lowest BCUT2D eigenvalue weighted by atomic mass is 9.99. The summed E-state index contributed by atoms with van der Waals surface area (Å²) in [5.74, 6) is -0.237. The van der Waals surface area contributed by atoms with Crippen molar-refractivity contribution in [2.75, 3.05) is 0 Å². The SMILES string of the molecule is NC(CCc1ccccc1)Cc1cc(Cl)ccc1F. The van der Waals surface area contributed by atoms with Crippen LogP contribution in [0.5, 0.6) is 0 Å². The Morgan fingerprint density at radius 3 is 2.58 bits per heavy atom. The predicted octanol–water partition coefficient (Wildman–Crippen LogP) is 3.98. The van der Waals surface area contributed by atoms with Gasteiger partial charge in [0.1, 0.15) is 5.82 Å². The number of halogens is 2. The lowest BCUT2D eigenvalue weighted by molar-refractivity contribution is 0.566. The second-order valence-electron chi connectivity index (χ2n) is 4.72. The van der Waals surface area contributed by atoms with Crippen LogP contribution in [0.2, 0.25) is 5.02 Å². The molecule has 0 aliphatic carbocycles. The minimum Gasteiger partial charge on any atom is -0.327 e. The van der Waals surface area contributed by atoms with E-state index in [4.69, 9.17) is 17.3 Å². The summed E-state index contributed by atoms with van der Waals surface area (Å²) in [6, 6.07) is 14.7. The zero-order valence-electron chi connectivity index (χ0n) is 10.7. The first-order valence-corrected chi connectivity index (χ1v) is 6.76. The maximum absolute atomic E-state index is 13.6. The molecule has 2 aromatic carbocycles. The monoisotopic (exact) mass is 277 g/mol. The van der Waals surface area contributed by atoms with E-state index in [0.29, 0.717) is 17.0 Å². The second kappa shape index (κ2) is 6.69. The summed E-state index contributed by atoms with van der Waals surface area (Å²) >= 11 is 5.87. The van der Waals surface area contributed by atoms with Crippen molar-refractivity contribution in [2.24, 2.45) is 5.73 Å². The molecule has 3 heteroatoms. The summed E-state index contributed by atoms with van der Waals surface area (Å²) in [5.41, 5.74) is 7.91. The van der Waals surface area contributed by atoms with Gasteiger partial charge in [0.15, 0.2) is 0 Å². The van der Waals surface area contributed by atoms with Gasteiger partial charge in [-0.05, 0) is 48.6 Å². The van der Waals surface area contributed by atoms with E-state index in [9.17, 15) is 4.39 Å². The summed E-state index contributed by atoms with van der Waals surface area (Å²) < 4.78 is 13.6. The third-order valence-electron chi connectivity index (χ3n) is 3.14. The molecular weight excluding hydrogens is 261 g/mol. The lowest BCUT2D eigenvalue weighted by Crippen LogP contribution is -2.24. The van der Waals surface area contributed by atoms with Gasteiger partial charge < -0.3 is 5.73 Å². The van der Waals surface area contributed by atoms with E-state index in [1.165, 1.54) is 11.6 Å². The molecule has 0 saturated heterocycles. The van der Waals surface area contributed by atoms with Crippen LogP contribution in [0.1, 0.15) is 17.5 Å². The molecule has 2 rings (SSSR count). The Balaban J connectivity index is 1.90. The average Bonchev–Trinajstić information content (AvgIpc) is 2.42. The Morgan fingerprint density at radius 2 is 1.84 bits per heavy atom. The Hall–Kier alpha value is -1.38. The van der Waals surface area contributed by atoms with Gasteiger partial charge in [-0.15, -0.1) is 0 Å². The highest BCUT2D eigenvalue weighted by atomic mass is 35.5. The van der Waals surface area contributed by atoms with E-state index in [0.717, 1.165) is 12.8 Å². The first-order valence-electron chi connectivity index (χ1n) is 6.38. The molecule has 1 atom stereocenters. The molecule has 0 heterocycles.